The van der Waals surface area contributed by atoms with Gasteiger partial charge in [0.05, 0.1) is 24.8 Å². The number of para-hydroxylation sites is 1. The molecule has 1 aliphatic rings. The number of esters is 1. The van der Waals surface area contributed by atoms with Crippen molar-refractivity contribution < 1.29 is 23.9 Å². The van der Waals surface area contributed by atoms with Crippen molar-refractivity contribution in [1.82, 2.24) is 0 Å². The lowest BCUT2D eigenvalue weighted by Gasteiger charge is -2.17. The second-order valence-corrected chi connectivity index (χ2v) is 6.11. The molecule has 1 saturated heterocycles. The zero-order valence-corrected chi connectivity index (χ0v) is 14.9. The predicted molar refractivity (Wildman–Crippen MR) is 98.7 cm³/mol. The van der Waals surface area contributed by atoms with E-state index in [-0.39, 0.29) is 23.7 Å². The lowest BCUT2D eigenvalue weighted by atomic mass is 10.1. The van der Waals surface area contributed by atoms with E-state index in [1.54, 1.807) is 48.5 Å². The number of imide groups is 1. The quantitative estimate of drug-likeness (QED) is 0.496. The van der Waals surface area contributed by atoms with Gasteiger partial charge >= 0.3 is 5.97 Å². The van der Waals surface area contributed by atoms with E-state index in [9.17, 15) is 19.2 Å². The SMILES string of the molecule is COC(=O)c1ccccc1NC1CC(=O)N(c2ccc(C(C)=O)cc2)C1=O. The molecule has 1 aliphatic heterocycles. The molecule has 3 rings (SSSR count). The fourth-order valence-electron chi connectivity index (χ4n) is 2.95. The molecule has 7 heteroatoms. The van der Waals surface area contributed by atoms with Gasteiger partial charge in [0.15, 0.2) is 5.78 Å². The highest BCUT2D eigenvalue weighted by Gasteiger charge is 2.40. The van der Waals surface area contributed by atoms with Crippen LogP contribution >= 0.6 is 0 Å². The highest BCUT2D eigenvalue weighted by molar-refractivity contribution is 6.23. The molecule has 27 heavy (non-hydrogen) atoms. The number of carbonyl (C=O) groups is 4. The summed E-state index contributed by atoms with van der Waals surface area (Å²) in [7, 11) is 1.27. The number of nitrogens with zero attached hydrogens (tertiary/aromatic N) is 1. The Kier molecular flexibility index (Phi) is 5.03. The number of anilines is 2. The van der Waals surface area contributed by atoms with Gasteiger partial charge in [0.25, 0.3) is 5.91 Å². The molecule has 1 N–H and O–H groups in total. The molecule has 0 radical (unpaired) electrons. The molecule has 1 fully saturated rings. The molecule has 0 spiro atoms. The third-order valence-corrected chi connectivity index (χ3v) is 4.34. The first-order valence-electron chi connectivity index (χ1n) is 8.34. The first kappa shape index (κ1) is 18.3. The van der Waals surface area contributed by atoms with Crippen LogP contribution in [0.15, 0.2) is 48.5 Å². The minimum Gasteiger partial charge on any atom is -0.465 e. The molecule has 0 aliphatic carbocycles. The smallest absolute Gasteiger partial charge is 0.339 e. The average molecular weight is 366 g/mol. The molecule has 0 aromatic heterocycles. The maximum atomic E-state index is 12.7. The van der Waals surface area contributed by atoms with E-state index < -0.39 is 17.9 Å². The molecule has 1 atom stereocenters. The second-order valence-electron chi connectivity index (χ2n) is 6.11. The van der Waals surface area contributed by atoms with Crippen LogP contribution in [0.2, 0.25) is 0 Å². The van der Waals surface area contributed by atoms with E-state index >= 15 is 0 Å². The summed E-state index contributed by atoms with van der Waals surface area (Å²) < 4.78 is 4.74. The van der Waals surface area contributed by atoms with Crippen molar-refractivity contribution in [2.45, 2.75) is 19.4 Å². The number of rotatable bonds is 5. The molecule has 0 saturated carbocycles. The van der Waals surface area contributed by atoms with Gasteiger partial charge in [0.1, 0.15) is 6.04 Å². The molecule has 1 heterocycles. The van der Waals surface area contributed by atoms with E-state index in [0.717, 1.165) is 4.90 Å². The summed E-state index contributed by atoms with van der Waals surface area (Å²) in [6.07, 6.45) is -0.0389. The molecular weight excluding hydrogens is 348 g/mol. The van der Waals surface area contributed by atoms with E-state index in [1.807, 2.05) is 0 Å². The van der Waals surface area contributed by atoms with Gasteiger partial charge in [-0.25, -0.2) is 9.69 Å². The molecule has 2 aromatic carbocycles. The van der Waals surface area contributed by atoms with Crippen LogP contribution in [0.5, 0.6) is 0 Å². The normalized spacial score (nSPS) is 16.4. The number of nitrogens with one attached hydrogen (secondary N) is 1. The van der Waals surface area contributed by atoms with Gasteiger partial charge in [-0.2, -0.15) is 0 Å². The Hall–Kier alpha value is -3.48. The zero-order valence-electron chi connectivity index (χ0n) is 14.9. The third-order valence-electron chi connectivity index (χ3n) is 4.34. The van der Waals surface area contributed by atoms with Crippen molar-refractivity contribution in [3.8, 4) is 0 Å². The van der Waals surface area contributed by atoms with Gasteiger partial charge in [-0.3, -0.25) is 14.4 Å². The fraction of sp³-hybridized carbons (Fsp3) is 0.200. The van der Waals surface area contributed by atoms with Gasteiger partial charge in [-0.05, 0) is 43.3 Å². The lowest BCUT2D eigenvalue weighted by Crippen LogP contribution is -2.35. The van der Waals surface area contributed by atoms with E-state index in [4.69, 9.17) is 4.74 Å². The Morgan fingerprint density at radius 2 is 1.74 bits per heavy atom. The average Bonchev–Trinajstić information content (AvgIpc) is 2.95. The number of benzene rings is 2. The molecule has 2 amide bonds. The van der Waals surface area contributed by atoms with E-state index in [1.165, 1.54) is 14.0 Å². The van der Waals surface area contributed by atoms with Crippen LogP contribution in [0.3, 0.4) is 0 Å². The minimum atomic E-state index is -0.796. The first-order valence-corrected chi connectivity index (χ1v) is 8.34. The van der Waals surface area contributed by atoms with Gasteiger partial charge < -0.3 is 10.1 Å². The maximum absolute atomic E-state index is 12.7. The van der Waals surface area contributed by atoms with Crippen molar-refractivity contribution in [3.05, 3.63) is 59.7 Å². The van der Waals surface area contributed by atoms with Crippen molar-refractivity contribution in [1.29, 1.82) is 0 Å². The monoisotopic (exact) mass is 366 g/mol. The maximum Gasteiger partial charge on any atom is 0.339 e. The predicted octanol–water partition coefficient (Wildman–Crippen LogP) is 2.42. The molecule has 7 nitrogen and oxygen atoms in total. The Bertz CT molecular complexity index is 920. The molecule has 1 unspecified atom stereocenters. The molecule has 2 aromatic rings. The number of hydrogen-bond donors (Lipinski definition) is 1. The number of ketones is 1. The summed E-state index contributed by atoms with van der Waals surface area (Å²) >= 11 is 0. The van der Waals surface area contributed by atoms with Crippen LogP contribution in [0.25, 0.3) is 0 Å². The molecular formula is C20H18N2O5. The van der Waals surface area contributed by atoms with Crippen LogP contribution < -0.4 is 10.2 Å². The van der Waals surface area contributed by atoms with Crippen LogP contribution in [0.1, 0.15) is 34.1 Å². The van der Waals surface area contributed by atoms with E-state index in [0.29, 0.717) is 16.9 Å². The molecule has 138 valence electrons. The van der Waals surface area contributed by atoms with Crippen LogP contribution in [0.4, 0.5) is 11.4 Å². The van der Waals surface area contributed by atoms with Crippen molar-refractivity contribution in [2.75, 3.05) is 17.3 Å². The van der Waals surface area contributed by atoms with Gasteiger partial charge in [0, 0.05) is 11.3 Å². The molecule has 0 bridgehead atoms. The Morgan fingerprint density at radius 1 is 1.07 bits per heavy atom. The number of amides is 2. The number of carbonyl (C=O) groups excluding carboxylic acids is 4. The second kappa shape index (κ2) is 7.41. The largest absolute Gasteiger partial charge is 0.465 e. The highest BCUT2D eigenvalue weighted by Crippen LogP contribution is 2.26. The summed E-state index contributed by atoms with van der Waals surface area (Å²) in [5, 5.41) is 2.97. The lowest BCUT2D eigenvalue weighted by molar-refractivity contribution is -0.121. The minimum absolute atomic E-state index is 0.0389. The van der Waals surface area contributed by atoms with Gasteiger partial charge in [-0.15, -0.1) is 0 Å². The standard InChI is InChI=1S/C20H18N2O5/c1-12(23)13-7-9-14(10-8-13)22-18(24)11-17(19(22)25)21-16-6-4-3-5-15(16)20(26)27-2/h3-10,17,21H,11H2,1-2H3. The van der Waals surface area contributed by atoms with Crippen LogP contribution in [0, 0.1) is 0 Å². The first-order chi connectivity index (χ1) is 12.9. The number of ether oxygens (including phenoxy) is 1. The summed E-state index contributed by atoms with van der Waals surface area (Å²) in [6.45, 7) is 1.44. The van der Waals surface area contributed by atoms with Crippen molar-refractivity contribution >= 4 is 34.9 Å². The number of hydrogen-bond acceptors (Lipinski definition) is 6. The van der Waals surface area contributed by atoms with Crippen molar-refractivity contribution in [3.63, 3.8) is 0 Å². The Balaban J connectivity index is 1.83. The van der Waals surface area contributed by atoms with E-state index in [2.05, 4.69) is 5.32 Å². The summed E-state index contributed by atoms with van der Waals surface area (Å²) in [6, 6.07) is 12.1. The number of methoxy groups -OCH3 is 1. The van der Waals surface area contributed by atoms with Crippen LogP contribution in [-0.2, 0) is 14.3 Å². The van der Waals surface area contributed by atoms with Crippen LogP contribution in [-0.4, -0.2) is 36.7 Å². The third kappa shape index (κ3) is 3.57. The fourth-order valence-corrected chi connectivity index (χ4v) is 2.95. The topological polar surface area (TPSA) is 92.8 Å². The van der Waals surface area contributed by atoms with Gasteiger partial charge in [-0.1, -0.05) is 12.1 Å². The summed E-state index contributed by atoms with van der Waals surface area (Å²) in [5.74, 6) is -1.41. The van der Waals surface area contributed by atoms with Crippen molar-refractivity contribution in [2.24, 2.45) is 0 Å². The highest BCUT2D eigenvalue weighted by atomic mass is 16.5. The Labute approximate surface area is 155 Å². The summed E-state index contributed by atoms with van der Waals surface area (Å²) in [5.41, 5.74) is 1.61. The van der Waals surface area contributed by atoms with Gasteiger partial charge in [0.2, 0.25) is 5.91 Å². The zero-order chi connectivity index (χ0) is 19.6. The summed E-state index contributed by atoms with van der Waals surface area (Å²) in [4.78, 5) is 49.5. The Morgan fingerprint density at radius 3 is 2.37 bits per heavy atom. The number of Topliss-reactive ketones (excluding diaryl/α,β-unsaturated/α-hetero) is 1.